The highest BCUT2D eigenvalue weighted by Crippen LogP contribution is 2.68. The third-order valence-electron chi connectivity index (χ3n) is 13.8. The highest BCUT2D eigenvalue weighted by Gasteiger charge is 2.77. The number of aliphatic hydroxyl groups is 4. The van der Waals surface area contributed by atoms with Gasteiger partial charge in [0.05, 0.1) is 17.2 Å². The molecule has 5 aliphatic rings. The van der Waals surface area contributed by atoms with E-state index in [2.05, 4.69) is 18.2 Å². The Hall–Kier alpha value is -4.53. The minimum Gasteiger partial charge on any atom is -0.508 e. The molecule has 5 aliphatic carbocycles. The molecule has 270 valence electrons. The highest BCUT2D eigenvalue weighted by atomic mass is 16.4. The van der Waals surface area contributed by atoms with Gasteiger partial charge in [-0.2, -0.15) is 0 Å². The number of aromatic hydroxyl groups is 1. The fraction of sp³-hybridized carbons (Fsp3) is 0.432. The Balaban J connectivity index is 1.48. The van der Waals surface area contributed by atoms with E-state index in [4.69, 9.17) is 0 Å². The van der Waals surface area contributed by atoms with Crippen LogP contribution in [0.1, 0.15) is 93.7 Å². The third kappa shape index (κ3) is 4.02. The van der Waals surface area contributed by atoms with Gasteiger partial charge >= 0.3 is 0 Å². The summed E-state index contributed by atoms with van der Waals surface area (Å²) in [7, 11) is 0. The van der Waals surface area contributed by atoms with Crippen molar-refractivity contribution in [2.24, 2.45) is 22.7 Å². The Morgan fingerprint density at radius 3 is 2.23 bits per heavy atom. The zero-order valence-electron chi connectivity index (χ0n) is 30.6. The predicted octanol–water partition coefficient (Wildman–Crippen LogP) is 7.03. The molecule has 0 spiro atoms. The smallest absolute Gasteiger partial charge is 0.203 e. The lowest BCUT2D eigenvalue weighted by atomic mass is 9.40. The first-order valence-corrected chi connectivity index (χ1v) is 18.5. The van der Waals surface area contributed by atoms with Crippen LogP contribution in [0.25, 0.3) is 28.0 Å². The van der Waals surface area contributed by atoms with Crippen molar-refractivity contribution in [3.8, 4) is 28.0 Å². The minimum absolute atomic E-state index is 0.0267. The lowest BCUT2D eigenvalue weighted by Gasteiger charge is -2.63. The fourth-order valence-electron chi connectivity index (χ4n) is 11.1. The molecule has 8 heteroatoms. The first kappa shape index (κ1) is 34.6. The van der Waals surface area contributed by atoms with Crippen molar-refractivity contribution in [2.75, 3.05) is 0 Å². The molecule has 0 saturated heterocycles. The van der Waals surface area contributed by atoms with Crippen molar-refractivity contribution >= 4 is 23.1 Å². The summed E-state index contributed by atoms with van der Waals surface area (Å²) in [4.78, 5) is 42.0. The second-order valence-corrected chi connectivity index (χ2v) is 16.6. The number of aliphatic hydroxyl groups excluding tert-OH is 3. The highest BCUT2D eigenvalue weighted by molar-refractivity contribution is 6.24. The Morgan fingerprint density at radius 1 is 0.865 bits per heavy atom. The normalized spacial score (nSPS) is 30.7. The van der Waals surface area contributed by atoms with Gasteiger partial charge in [-0.1, -0.05) is 71.0 Å². The number of hydrogen-bond acceptors (Lipinski definition) is 8. The van der Waals surface area contributed by atoms with E-state index >= 15 is 4.79 Å². The summed E-state index contributed by atoms with van der Waals surface area (Å²) in [6.07, 6.45) is 4.00. The zero-order chi connectivity index (χ0) is 37.4. The van der Waals surface area contributed by atoms with Gasteiger partial charge in [0, 0.05) is 22.3 Å². The molecule has 3 aromatic rings. The van der Waals surface area contributed by atoms with E-state index < -0.39 is 74.7 Å². The van der Waals surface area contributed by atoms with Gasteiger partial charge in [0.25, 0.3) is 0 Å². The Morgan fingerprint density at radius 2 is 1.54 bits per heavy atom. The number of phenols is 1. The van der Waals surface area contributed by atoms with E-state index in [0.717, 1.165) is 67.7 Å². The molecule has 1 fully saturated rings. The van der Waals surface area contributed by atoms with Crippen LogP contribution in [0, 0.1) is 22.7 Å². The van der Waals surface area contributed by atoms with Gasteiger partial charge in [-0.25, -0.2) is 0 Å². The van der Waals surface area contributed by atoms with E-state index in [0.29, 0.717) is 11.1 Å². The van der Waals surface area contributed by atoms with E-state index in [1.54, 1.807) is 20.8 Å². The van der Waals surface area contributed by atoms with Gasteiger partial charge in [0.15, 0.2) is 17.2 Å². The average Bonchev–Trinajstić information content (AvgIpc) is 3.78. The van der Waals surface area contributed by atoms with Crippen molar-refractivity contribution in [3.05, 3.63) is 92.8 Å². The second-order valence-electron chi connectivity index (χ2n) is 16.6. The van der Waals surface area contributed by atoms with Crippen LogP contribution in [-0.4, -0.2) is 54.6 Å². The summed E-state index contributed by atoms with van der Waals surface area (Å²) in [6, 6.07) is 14.3. The van der Waals surface area contributed by atoms with E-state index in [1.807, 2.05) is 31.2 Å². The number of ketones is 3. The summed E-state index contributed by atoms with van der Waals surface area (Å²) in [6.45, 7) is 9.40. The van der Waals surface area contributed by atoms with Crippen LogP contribution in [0.3, 0.4) is 0 Å². The number of Topliss-reactive ketones (excluding diaryl/α,β-unsaturated/α-hetero) is 3. The molecule has 0 amide bonds. The summed E-state index contributed by atoms with van der Waals surface area (Å²) in [5.41, 5.74) is 0.687. The quantitative estimate of drug-likeness (QED) is 0.182. The number of fused-ring (bicyclic) bond motifs is 5. The number of carbonyl (C=O) groups is 3. The molecule has 0 radical (unpaired) electrons. The molecular formula is C44H46O8. The molecule has 0 aromatic heterocycles. The lowest BCUT2D eigenvalue weighted by Crippen LogP contribution is -2.75. The number of carbonyl (C=O) groups excluding carboxylic acids is 3. The van der Waals surface area contributed by atoms with Crippen molar-refractivity contribution in [1.29, 1.82) is 0 Å². The lowest BCUT2D eigenvalue weighted by molar-refractivity contribution is -0.215. The zero-order valence-corrected chi connectivity index (χ0v) is 30.6. The molecule has 0 aliphatic heterocycles. The van der Waals surface area contributed by atoms with Gasteiger partial charge in [-0.3, -0.25) is 14.4 Å². The van der Waals surface area contributed by atoms with Gasteiger partial charge in [0.1, 0.15) is 22.8 Å². The monoisotopic (exact) mass is 702 g/mol. The first-order chi connectivity index (χ1) is 24.5. The van der Waals surface area contributed by atoms with Crippen LogP contribution in [0.4, 0.5) is 0 Å². The third-order valence-corrected chi connectivity index (χ3v) is 13.8. The van der Waals surface area contributed by atoms with E-state index in [9.17, 15) is 35.1 Å². The maximum absolute atomic E-state index is 15.1. The molecule has 8 rings (SSSR count). The van der Waals surface area contributed by atoms with Gasteiger partial charge in [-0.15, -0.1) is 0 Å². The number of benzene rings is 3. The average molecular weight is 703 g/mol. The summed E-state index contributed by atoms with van der Waals surface area (Å²) in [5.74, 6) is -7.22. The van der Waals surface area contributed by atoms with Crippen molar-refractivity contribution in [3.63, 3.8) is 0 Å². The van der Waals surface area contributed by atoms with Crippen LogP contribution in [-0.2, 0) is 40.1 Å². The summed E-state index contributed by atoms with van der Waals surface area (Å²) < 4.78 is 0. The number of rotatable bonds is 4. The predicted molar refractivity (Wildman–Crippen MR) is 197 cm³/mol. The SMILES string of the molecule is CC(=O)C1=C(O)[C@]2(O)C(=O)C3=C(O)c4c(O)c(-c5cccc6c5CCC6)cc(-c5ccc6c(c5)CCC6)c4[C@@H](C)[C@]3(C)[C@@H](O)[C@]2(C)C(C(C)C)C1=O. The molecule has 5 N–H and O–H groups in total. The molecule has 6 atom stereocenters. The van der Waals surface area contributed by atoms with E-state index in [1.165, 1.54) is 23.6 Å². The Bertz CT molecular complexity index is 2220. The standard InChI is InChI=1S/C44H46O8/c1-20(2)34-37(47)32(22(4)45)39(49)44(52)40(50)35-38(48)33-31(21(3)42(35,5)41(51)43(34,44)6)29(26-17-16-23-10-7-13-25(23)18-26)19-30(36(33)46)28-15-9-12-24-11-8-14-27(24)28/h9,12,15-21,34,41,46,48-49,51-52H,7-8,10-11,13-14H2,1-6H3/t21-,34?,41-,42+,43+,44+/m1/s1. The number of phenolic OH excluding ortho intramolecular Hbond substituents is 1. The minimum atomic E-state index is -2.94. The number of aryl methyl sites for hydroxylation is 3. The van der Waals surface area contributed by atoms with Crippen molar-refractivity contribution < 1.29 is 39.9 Å². The summed E-state index contributed by atoms with van der Waals surface area (Å²) in [5, 5.41) is 61.9. The Labute approximate surface area is 303 Å². The molecule has 8 nitrogen and oxygen atoms in total. The number of hydrogen-bond donors (Lipinski definition) is 5. The van der Waals surface area contributed by atoms with Crippen LogP contribution in [0.15, 0.2) is 59.4 Å². The molecule has 3 aromatic carbocycles. The van der Waals surface area contributed by atoms with Crippen LogP contribution in [0.5, 0.6) is 5.75 Å². The maximum atomic E-state index is 15.1. The summed E-state index contributed by atoms with van der Waals surface area (Å²) >= 11 is 0. The molecule has 1 unspecified atom stereocenters. The number of allylic oxidation sites excluding steroid dienone is 1. The molecular weight excluding hydrogens is 656 g/mol. The topological polar surface area (TPSA) is 152 Å². The van der Waals surface area contributed by atoms with Gasteiger partial charge in [0.2, 0.25) is 5.78 Å². The van der Waals surface area contributed by atoms with Crippen LogP contribution in [0.2, 0.25) is 0 Å². The van der Waals surface area contributed by atoms with Gasteiger partial charge in [-0.05, 0) is 108 Å². The van der Waals surface area contributed by atoms with Crippen LogP contribution < -0.4 is 0 Å². The van der Waals surface area contributed by atoms with Crippen LogP contribution >= 0.6 is 0 Å². The van der Waals surface area contributed by atoms with E-state index in [-0.39, 0.29) is 16.9 Å². The molecule has 52 heavy (non-hydrogen) atoms. The first-order valence-electron chi connectivity index (χ1n) is 18.5. The molecule has 1 saturated carbocycles. The maximum Gasteiger partial charge on any atom is 0.203 e. The second kappa shape index (κ2) is 11.2. The largest absolute Gasteiger partial charge is 0.508 e. The fourth-order valence-corrected chi connectivity index (χ4v) is 11.1. The Kier molecular flexibility index (Phi) is 7.47. The van der Waals surface area contributed by atoms with Crippen molar-refractivity contribution in [2.45, 2.75) is 97.7 Å². The molecule has 0 heterocycles. The van der Waals surface area contributed by atoms with Gasteiger partial charge < -0.3 is 25.5 Å². The molecule has 0 bridgehead atoms. The van der Waals surface area contributed by atoms with Crippen molar-refractivity contribution in [1.82, 2.24) is 0 Å².